The average molecular weight is 365 g/mol. The van der Waals surface area contributed by atoms with Crippen LogP contribution in [0.25, 0.3) is 0 Å². The summed E-state index contributed by atoms with van der Waals surface area (Å²) < 4.78 is 2.44. The van der Waals surface area contributed by atoms with Crippen LogP contribution in [0, 0.1) is 0 Å². The maximum absolute atomic E-state index is 2.88. The van der Waals surface area contributed by atoms with E-state index in [2.05, 4.69) is 27.7 Å². The summed E-state index contributed by atoms with van der Waals surface area (Å²) in [7, 11) is 0.895. The molecule has 10 fully saturated rings. The Balaban J connectivity index is 1.49. The third-order valence-electron chi connectivity index (χ3n) is 16.4. The number of rotatable bonds is 6. The molecule has 3 heteroatoms. The molecule has 10 aliphatic heterocycles. The SMILES string of the molecule is CCP(CC)[C]12[CH]3[CH]4[CH]5[C]1(P(CC)CC)[Co]43521678[CH]2[CH]1[CH]6[CH]7[CH]28. The summed E-state index contributed by atoms with van der Waals surface area (Å²) in [6.07, 6.45) is 3.60. The monoisotopic (exact) mass is 365 g/mol. The second-order valence-corrected chi connectivity index (χ2v) is 40.3. The molecular weight excluding hydrogens is 337 g/mol. The van der Waals surface area contributed by atoms with Gasteiger partial charge in [0.05, 0.1) is 0 Å². The minimum absolute atomic E-state index is 0.447. The van der Waals surface area contributed by atoms with E-state index < -0.39 is 6.37 Å². The molecule has 0 aromatic heterocycles. The Kier molecular flexibility index (Phi) is 0.513. The van der Waals surface area contributed by atoms with Gasteiger partial charge in [-0.2, -0.15) is 0 Å². The summed E-state index contributed by atoms with van der Waals surface area (Å²) in [5.41, 5.74) is 0. The van der Waals surface area contributed by atoms with Gasteiger partial charge in [0.25, 0.3) is 0 Å². The van der Waals surface area contributed by atoms with E-state index in [0.29, 0.717) is 15.8 Å². The zero-order chi connectivity index (χ0) is 13.9. The van der Waals surface area contributed by atoms with Gasteiger partial charge in [-0.25, -0.2) is 0 Å². The Morgan fingerprint density at radius 2 is 0.952 bits per heavy atom. The normalized spacial score (nSPS) is 103. The third-order valence-corrected chi connectivity index (χ3v) is 71.2. The Morgan fingerprint density at radius 1 is 0.619 bits per heavy atom. The van der Waals surface area contributed by atoms with Crippen molar-refractivity contribution in [3.63, 3.8) is 0 Å². The van der Waals surface area contributed by atoms with Gasteiger partial charge in [0.15, 0.2) is 0 Å². The Bertz CT molecular complexity index is 964. The number of fused-ring (bicyclic) bond motifs is 10. The van der Waals surface area contributed by atoms with Crippen LogP contribution >= 0.6 is 15.8 Å². The molecule has 10 aliphatic rings. The first-order valence-corrected chi connectivity index (χ1v) is 18.8. The van der Waals surface area contributed by atoms with Crippen molar-refractivity contribution < 1.29 is 6.37 Å². The fourth-order valence-electron chi connectivity index (χ4n) is 18.4. The van der Waals surface area contributed by atoms with Crippen molar-refractivity contribution in [1.29, 1.82) is 0 Å². The van der Waals surface area contributed by atoms with Crippen LogP contribution in [0.15, 0.2) is 0 Å². The van der Waals surface area contributed by atoms with Crippen LogP contribution in [-0.2, 0) is 6.37 Å². The van der Waals surface area contributed by atoms with Crippen molar-refractivity contribution in [3.8, 4) is 0 Å². The van der Waals surface area contributed by atoms with Crippen molar-refractivity contribution in [3.05, 3.63) is 0 Å². The second-order valence-electron chi connectivity index (χ2n) is 11.6. The third kappa shape index (κ3) is 0.130. The zero-order valence-electron chi connectivity index (χ0n) is 13.7. The molecule has 119 valence electrons. The molecule has 0 aromatic rings. The molecular formula is C18H28CoP2. The van der Waals surface area contributed by atoms with Gasteiger partial charge >= 0.3 is 122 Å². The molecule has 0 aliphatic carbocycles. The minimum atomic E-state index is -2.88. The molecule has 0 bridgehead atoms. The molecule has 4 atom stereocenters. The second kappa shape index (κ2) is 1.04. The van der Waals surface area contributed by atoms with E-state index in [1.54, 1.807) is 24.6 Å². The van der Waals surface area contributed by atoms with E-state index >= 15 is 0 Å². The average Bonchev–Trinajstić information content (AvgIpc) is 3.44. The van der Waals surface area contributed by atoms with E-state index in [4.69, 9.17) is 0 Å². The molecule has 10 heterocycles. The van der Waals surface area contributed by atoms with Crippen molar-refractivity contribution in [2.75, 3.05) is 24.6 Å². The summed E-state index contributed by atoms with van der Waals surface area (Å²) in [6.45, 7) is 10.4. The first-order chi connectivity index (χ1) is 9.98. The van der Waals surface area contributed by atoms with Gasteiger partial charge < -0.3 is 0 Å². The quantitative estimate of drug-likeness (QED) is 0.489. The fourth-order valence-corrected chi connectivity index (χ4v) is 120. The predicted molar refractivity (Wildman–Crippen MR) is 91.5 cm³/mol. The molecule has 10 saturated heterocycles. The van der Waals surface area contributed by atoms with Gasteiger partial charge in [-0.05, 0) is 0 Å². The molecule has 1 spiro atoms. The molecule has 4 unspecified atom stereocenters. The van der Waals surface area contributed by atoms with E-state index in [-0.39, 0.29) is 0 Å². The van der Waals surface area contributed by atoms with Crippen LogP contribution in [-0.4, -0.2) is 32.8 Å². The molecule has 0 radical (unpaired) electrons. The van der Waals surface area contributed by atoms with Crippen LogP contribution in [0.5, 0.6) is 0 Å². The standard InChI is InChI=1S/C13H23P2.C5H5.Co/c1-5-14(6-2)12-10-9-11-13(12)15(7-3)8-4;1-2-4-5-3-1;/h9-11H,5-8H2,1-4H3;1-5H;. The van der Waals surface area contributed by atoms with Gasteiger partial charge in [0.2, 0.25) is 0 Å². The van der Waals surface area contributed by atoms with Crippen LogP contribution in [0.1, 0.15) is 27.7 Å². The summed E-state index contributed by atoms with van der Waals surface area (Å²) in [4.78, 5) is 12.3. The van der Waals surface area contributed by atoms with Crippen LogP contribution in [0.2, 0.25) is 38.8 Å². The molecule has 0 N–H and O–H groups in total. The summed E-state index contributed by atoms with van der Waals surface area (Å²) in [5, 5.41) is 0. The van der Waals surface area contributed by atoms with E-state index in [1.807, 2.05) is 0 Å². The predicted octanol–water partition coefficient (Wildman–Crippen LogP) is 6.23. The molecule has 0 amide bonds. The Hall–Kier alpha value is 1.37. The molecule has 10 rings (SSSR count). The molecule has 0 nitrogen and oxygen atoms in total. The van der Waals surface area contributed by atoms with E-state index in [1.165, 1.54) is 47.0 Å². The van der Waals surface area contributed by atoms with Gasteiger partial charge in [-0.3, -0.25) is 0 Å². The van der Waals surface area contributed by atoms with Crippen LogP contribution in [0.4, 0.5) is 0 Å². The van der Waals surface area contributed by atoms with Gasteiger partial charge in [0, 0.05) is 0 Å². The number of hydrogen-bond donors (Lipinski definition) is 0. The summed E-state index contributed by atoms with van der Waals surface area (Å²) in [5.74, 6) is 0. The molecule has 0 saturated carbocycles. The number of hydrogen-bond acceptors (Lipinski definition) is 0. The van der Waals surface area contributed by atoms with Crippen molar-refractivity contribution in [2.24, 2.45) is 0 Å². The van der Waals surface area contributed by atoms with E-state index in [0.717, 1.165) is 0 Å². The first kappa shape index (κ1) is 10.4. The summed E-state index contributed by atoms with van der Waals surface area (Å²) >= 11 is 0. The first-order valence-electron chi connectivity index (χ1n) is 9.57. The van der Waals surface area contributed by atoms with Crippen molar-refractivity contribution in [1.82, 2.24) is 0 Å². The Morgan fingerprint density at radius 3 is 1.14 bits per heavy atom. The Labute approximate surface area is 121 Å². The van der Waals surface area contributed by atoms with Gasteiger partial charge in [-0.15, -0.1) is 0 Å². The zero-order valence-corrected chi connectivity index (χ0v) is 16.5. The topological polar surface area (TPSA) is 0 Å². The van der Waals surface area contributed by atoms with Crippen LogP contribution < -0.4 is 0 Å². The molecule has 0 aromatic carbocycles. The summed E-state index contributed by atoms with van der Waals surface area (Å²) in [6, 6.07) is 0. The van der Waals surface area contributed by atoms with Crippen molar-refractivity contribution >= 4 is 15.8 Å². The van der Waals surface area contributed by atoms with Gasteiger partial charge in [-0.1, -0.05) is 0 Å². The maximum atomic E-state index is 2.61. The fraction of sp³-hybridized carbons (Fsp3) is 1.00. The van der Waals surface area contributed by atoms with Crippen molar-refractivity contribution in [2.45, 2.75) is 74.7 Å². The van der Waals surface area contributed by atoms with Gasteiger partial charge in [0.1, 0.15) is 0 Å². The van der Waals surface area contributed by atoms with Crippen LogP contribution in [0.3, 0.4) is 0 Å². The molecule has 21 heavy (non-hydrogen) atoms. The van der Waals surface area contributed by atoms with E-state index in [9.17, 15) is 0 Å².